The molecule has 38 heavy (non-hydrogen) atoms. The molecule has 0 bridgehead atoms. The van der Waals surface area contributed by atoms with Crippen LogP contribution in [-0.2, 0) is 6.54 Å². The van der Waals surface area contributed by atoms with Crippen LogP contribution in [0.2, 0.25) is 0 Å². The first kappa shape index (κ1) is 24.1. The minimum absolute atomic E-state index is 0.0310. The molecule has 9 nitrogen and oxygen atoms in total. The fourth-order valence-corrected chi connectivity index (χ4v) is 5.00. The van der Waals surface area contributed by atoms with Gasteiger partial charge in [0.25, 0.3) is 5.89 Å². The van der Waals surface area contributed by atoms with E-state index in [4.69, 9.17) is 4.42 Å². The van der Waals surface area contributed by atoms with Crippen LogP contribution in [0, 0.1) is 0 Å². The summed E-state index contributed by atoms with van der Waals surface area (Å²) in [6.45, 7) is 2.12. The fraction of sp³-hybridized carbons (Fsp3) is 0.296. The number of alkyl halides is 2. The molecule has 0 aliphatic carbocycles. The number of fused-ring (bicyclic) bond motifs is 1. The van der Waals surface area contributed by atoms with Crippen LogP contribution in [0.1, 0.15) is 36.9 Å². The highest BCUT2D eigenvalue weighted by molar-refractivity contribution is 5.83. The van der Waals surface area contributed by atoms with Gasteiger partial charge in [-0.2, -0.15) is 8.78 Å². The number of pyridine rings is 2. The predicted octanol–water partition coefficient (Wildman–Crippen LogP) is 4.56. The van der Waals surface area contributed by atoms with Crippen LogP contribution < -0.4 is 5.69 Å². The highest BCUT2D eigenvalue weighted by Crippen LogP contribution is 2.29. The van der Waals surface area contributed by atoms with Gasteiger partial charge in [-0.25, -0.2) is 4.79 Å². The molecule has 0 atom stereocenters. The van der Waals surface area contributed by atoms with Crippen LogP contribution in [0.15, 0.2) is 70.3 Å². The summed E-state index contributed by atoms with van der Waals surface area (Å²) in [5.74, 6) is -0.765. The fourth-order valence-electron chi connectivity index (χ4n) is 5.00. The van der Waals surface area contributed by atoms with Gasteiger partial charge in [0.2, 0.25) is 5.89 Å². The van der Waals surface area contributed by atoms with Gasteiger partial charge in [0.05, 0.1) is 28.8 Å². The lowest BCUT2D eigenvalue weighted by atomic mass is 10.0. The van der Waals surface area contributed by atoms with Crippen molar-refractivity contribution in [2.75, 3.05) is 20.1 Å². The first-order chi connectivity index (χ1) is 18.5. The molecule has 1 aromatic carbocycles. The van der Waals surface area contributed by atoms with Crippen LogP contribution in [0.4, 0.5) is 8.78 Å². The highest BCUT2D eigenvalue weighted by Gasteiger charge is 2.25. The third-order valence-corrected chi connectivity index (χ3v) is 7.03. The van der Waals surface area contributed by atoms with E-state index in [-0.39, 0.29) is 24.2 Å². The van der Waals surface area contributed by atoms with Gasteiger partial charge in [-0.05, 0) is 68.9 Å². The zero-order chi connectivity index (χ0) is 26.2. The second kappa shape index (κ2) is 9.90. The topological polar surface area (TPSA) is 94.9 Å². The average molecular weight is 518 g/mol. The minimum atomic E-state index is -2.84. The number of rotatable bonds is 6. The molecular formula is C27H25F2N7O2. The van der Waals surface area contributed by atoms with E-state index in [0.717, 1.165) is 48.1 Å². The third kappa shape index (κ3) is 4.49. The summed E-state index contributed by atoms with van der Waals surface area (Å²) >= 11 is 0. The Hall–Kier alpha value is -4.25. The standard InChI is InChI=1S/C27H25F2N7O2/c1-34-11-8-21(9-12-34)36-22-7-5-17(18-3-2-10-30-14-18)13-23(22)35(27(36)37)16-20-6-4-19(15-31-20)25-32-33-26(38-25)24(28)29/h2-7,10,13-15,21,24H,8-9,11-12,16H2,1H3. The largest absolute Gasteiger partial charge is 0.415 e. The maximum atomic E-state index is 13.8. The number of imidazole rings is 1. The van der Waals surface area contributed by atoms with Crippen molar-refractivity contribution < 1.29 is 13.2 Å². The maximum Gasteiger partial charge on any atom is 0.329 e. The third-order valence-electron chi connectivity index (χ3n) is 7.03. The molecule has 1 aliphatic heterocycles. The van der Waals surface area contributed by atoms with E-state index in [1.807, 2.05) is 34.9 Å². The Labute approximate surface area is 216 Å². The lowest BCUT2D eigenvalue weighted by molar-refractivity contribution is 0.116. The van der Waals surface area contributed by atoms with Gasteiger partial charge < -0.3 is 9.32 Å². The van der Waals surface area contributed by atoms with E-state index >= 15 is 0 Å². The van der Waals surface area contributed by atoms with Gasteiger partial charge in [-0.15, -0.1) is 10.2 Å². The Balaban J connectivity index is 1.39. The summed E-state index contributed by atoms with van der Waals surface area (Å²) in [4.78, 5) is 24.8. The quantitative estimate of drug-likeness (QED) is 0.326. The zero-order valence-corrected chi connectivity index (χ0v) is 20.7. The molecule has 0 amide bonds. The maximum absolute atomic E-state index is 13.8. The van der Waals surface area contributed by atoms with E-state index in [1.165, 1.54) is 6.20 Å². The molecule has 4 aromatic heterocycles. The van der Waals surface area contributed by atoms with Gasteiger partial charge in [0.15, 0.2) is 0 Å². The summed E-state index contributed by atoms with van der Waals surface area (Å²) in [5, 5.41) is 7.03. The van der Waals surface area contributed by atoms with Crippen molar-refractivity contribution in [1.82, 2.24) is 34.2 Å². The molecule has 0 saturated carbocycles. The van der Waals surface area contributed by atoms with Crippen molar-refractivity contribution in [2.24, 2.45) is 0 Å². The molecule has 11 heteroatoms. The lowest BCUT2D eigenvalue weighted by Crippen LogP contribution is -2.36. The molecule has 1 aliphatic rings. The summed E-state index contributed by atoms with van der Waals surface area (Å²) in [5.41, 5.74) is 4.62. The van der Waals surface area contributed by atoms with Crippen LogP contribution in [0.3, 0.4) is 0 Å². The van der Waals surface area contributed by atoms with Gasteiger partial charge >= 0.3 is 12.1 Å². The average Bonchev–Trinajstić information content (AvgIpc) is 3.54. The molecule has 1 fully saturated rings. The smallest absolute Gasteiger partial charge is 0.329 e. The Bertz CT molecular complexity index is 1620. The second-order valence-electron chi connectivity index (χ2n) is 9.50. The van der Waals surface area contributed by atoms with Crippen molar-refractivity contribution >= 4 is 11.0 Å². The molecule has 0 unspecified atom stereocenters. The van der Waals surface area contributed by atoms with Gasteiger partial charge in [-0.3, -0.25) is 19.1 Å². The molecule has 5 aromatic rings. The number of piperidine rings is 1. The molecule has 0 radical (unpaired) electrons. The van der Waals surface area contributed by atoms with E-state index < -0.39 is 12.3 Å². The van der Waals surface area contributed by atoms with Crippen LogP contribution >= 0.6 is 0 Å². The molecular weight excluding hydrogens is 492 g/mol. The van der Waals surface area contributed by atoms with Crippen molar-refractivity contribution in [2.45, 2.75) is 31.9 Å². The molecule has 194 valence electrons. The predicted molar refractivity (Wildman–Crippen MR) is 137 cm³/mol. The number of aromatic nitrogens is 6. The molecule has 1 saturated heterocycles. The van der Waals surface area contributed by atoms with Crippen LogP contribution in [0.5, 0.6) is 0 Å². The molecule has 0 N–H and O–H groups in total. The summed E-state index contributed by atoms with van der Waals surface area (Å²) in [6.07, 6.45) is 3.98. The Morgan fingerprint density at radius 1 is 1.00 bits per heavy atom. The SMILES string of the molecule is CN1CCC(n2c(=O)n(Cc3ccc(-c4nnc(C(F)F)o4)cn3)c3cc(-c4cccnc4)ccc32)CC1. The van der Waals surface area contributed by atoms with Gasteiger partial charge in [0.1, 0.15) is 0 Å². The first-order valence-electron chi connectivity index (χ1n) is 12.4. The van der Waals surface area contributed by atoms with Gasteiger partial charge in [-0.1, -0.05) is 12.1 Å². The van der Waals surface area contributed by atoms with Gasteiger partial charge in [0, 0.05) is 30.2 Å². The van der Waals surface area contributed by atoms with E-state index in [0.29, 0.717) is 11.3 Å². The van der Waals surface area contributed by atoms with Crippen molar-refractivity contribution in [3.05, 3.63) is 83.1 Å². The van der Waals surface area contributed by atoms with Crippen molar-refractivity contribution in [1.29, 1.82) is 0 Å². The minimum Gasteiger partial charge on any atom is -0.415 e. The van der Waals surface area contributed by atoms with Crippen molar-refractivity contribution in [3.8, 4) is 22.6 Å². The number of benzene rings is 1. The summed E-state index contributed by atoms with van der Waals surface area (Å²) in [7, 11) is 2.10. The van der Waals surface area contributed by atoms with E-state index in [9.17, 15) is 13.6 Å². The Morgan fingerprint density at radius 3 is 2.50 bits per heavy atom. The normalized spacial score (nSPS) is 15.1. The summed E-state index contributed by atoms with van der Waals surface area (Å²) in [6, 6.07) is 13.5. The van der Waals surface area contributed by atoms with E-state index in [1.54, 1.807) is 29.1 Å². The monoisotopic (exact) mass is 517 g/mol. The van der Waals surface area contributed by atoms with E-state index in [2.05, 4.69) is 32.1 Å². The van der Waals surface area contributed by atoms with Crippen LogP contribution in [0.25, 0.3) is 33.6 Å². The summed E-state index contributed by atoms with van der Waals surface area (Å²) < 4.78 is 34.3. The molecule has 6 rings (SSSR count). The first-order valence-corrected chi connectivity index (χ1v) is 12.4. The van der Waals surface area contributed by atoms with Crippen molar-refractivity contribution in [3.63, 3.8) is 0 Å². The number of hydrogen-bond donors (Lipinski definition) is 0. The highest BCUT2D eigenvalue weighted by atomic mass is 19.3. The Morgan fingerprint density at radius 2 is 1.82 bits per heavy atom. The zero-order valence-electron chi connectivity index (χ0n) is 20.7. The number of likely N-dealkylation sites (tertiary alicyclic amines) is 1. The number of hydrogen-bond acceptors (Lipinski definition) is 7. The molecule has 5 heterocycles. The second-order valence-corrected chi connectivity index (χ2v) is 9.50. The number of nitrogens with zero attached hydrogens (tertiary/aromatic N) is 7. The lowest BCUT2D eigenvalue weighted by Gasteiger charge is -2.29. The van der Waals surface area contributed by atoms with Crippen LogP contribution in [-0.4, -0.2) is 54.3 Å². The number of halogens is 2. The Kier molecular flexibility index (Phi) is 6.28. The molecule has 0 spiro atoms.